The lowest BCUT2D eigenvalue weighted by atomic mass is 9.79. The Kier molecular flexibility index (Phi) is 5.61. The summed E-state index contributed by atoms with van der Waals surface area (Å²) < 4.78 is 5.65. The molecule has 0 spiro atoms. The van der Waals surface area contributed by atoms with Gasteiger partial charge in [0.05, 0.1) is 12.2 Å². The van der Waals surface area contributed by atoms with Crippen molar-refractivity contribution < 1.29 is 14.3 Å². The number of primary amides is 1. The number of fused-ring (bicyclic) bond motifs is 1. The van der Waals surface area contributed by atoms with Crippen molar-refractivity contribution in [1.29, 1.82) is 0 Å². The van der Waals surface area contributed by atoms with Crippen molar-refractivity contribution in [2.24, 2.45) is 17.6 Å². The third kappa shape index (κ3) is 3.97. The van der Waals surface area contributed by atoms with E-state index in [1.165, 1.54) is 19.3 Å². The average Bonchev–Trinajstić information content (AvgIpc) is 2.65. The number of rotatable bonds is 5. The van der Waals surface area contributed by atoms with Crippen LogP contribution in [0, 0.1) is 11.8 Å². The number of benzene rings is 1. The van der Waals surface area contributed by atoms with Crippen molar-refractivity contribution in [1.82, 2.24) is 0 Å². The Morgan fingerprint density at radius 3 is 2.60 bits per heavy atom. The zero-order valence-corrected chi connectivity index (χ0v) is 14.9. The van der Waals surface area contributed by atoms with Gasteiger partial charge in [0, 0.05) is 5.92 Å². The molecule has 1 aliphatic carbocycles. The van der Waals surface area contributed by atoms with Crippen molar-refractivity contribution in [3.8, 4) is 5.75 Å². The van der Waals surface area contributed by atoms with E-state index >= 15 is 0 Å². The maximum Gasteiger partial charge on any atom is 0.260 e. The van der Waals surface area contributed by atoms with Gasteiger partial charge in [0.25, 0.3) is 5.91 Å². The molecule has 1 atom stereocenters. The van der Waals surface area contributed by atoms with Gasteiger partial charge < -0.3 is 15.4 Å². The second-order valence-corrected chi connectivity index (χ2v) is 7.29. The fourth-order valence-electron chi connectivity index (χ4n) is 4.00. The molecule has 0 unspecified atom stereocenters. The van der Waals surface area contributed by atoms with E-state index in [0.29, 0.717) is 5.75 Å². The van der Waals surface area contributed by atoms with Gasteiger partial charge >= 0.3 is 0 Å². The minimum absolute atomic E-state index is 0.0394. The lowest BCUT2D eigenvalue weighted by molar-refractivity contribution is -0.126. The Bertz CT molecular complexity index is 623. The molecule has 5 nitrogen and oxygen atoms in total. The fraction of sp³-hybridized carbons (Fsp3) is 0.600. The Balaban J connectivity index is 1.70. The number of carbonyl (C=O) groups excluding carboxylic acids is 2. The molecule has 5 heteroatoms. The van der Waals surface area contributed by atoms with Crippen molar-refractivity contribution in [2.75, 3.05) is 11.4 Å². The highest BCUT2D eigenvalue weighted by Gasteiger charge is 2.36. The molecule has 0 aromatic heterocycles. The molecule has 25 heavy (non-hydrogen) atoms. The summed E-state index contributed by atoms with van der Waals surface area (Å²) in [4.78, 5) is 26.4. The van der Waals surface area contributed by atoms with Gasteiger partial charge in [-0.15, -0.1) is 0 Å². The number of anilines is 1. The zero-order valence-electron chi connectivity index (χ0n) is 14.9. The number of hydrogen-bond acceptors (Lipinski definition) is 3. The van der Waals surface area contributed by atoms with Crippen LogP contribution in [-0.2, 0) is 9.59 Å². The van der Waals surface area contributed by atoms with E-state index < -0.39 is 12.0 Å². The summed E-state index contributed by atoms with van der Waals surface area (Å²) in [7, 11) is 0. The first kappa shape index (κ1) is 17.8. The molecule has 1 saturated carbocycles. The van der Waals surface area contributed by atoms with Crippen LogP contribution >= 0.6 is 0 Å². The van der Waals surface area contributed by atoms with E-state index in [9.17, 15) is 9.59 Å². The van der Waals surface area contributed by atoms with Crippen LogP contribution in [0.4, 0.5) is 5.69 Å². The Labute approximate surface area is 149 Å². The quantitative estimate of drug-likeness (QED) is 0.891. The summed E-state index contributed by atoms with van der Waals surface area (Å²) in [5.41, 5.74) is 6.18. The molecule has 1 aliphatic heterocycles. The predicted octanol–water partition coefficient (Wildman–Crippen LogP) is 3.26. The maximum absolute atomic E-state index is 13.1. The molecule has 2 aliphatic rings. The van der Waals surface area contributed by atoms with Crippen molar-refractivity contribution in [3.05, 3.63) is 24.3 Å². The Morgan fingerprint density at radius 1 is 1.20 bits per heavy atom. The topological polar surface area (TPSA) is 72.6 Å². The molecule has 2 amide bonds. The first-order valence-corrected chi connectivity index (χ1v) is 9.46. The second-order valence-electron chi connectivity index (χ2n) is 7.29. The van der Waals surface area contributed by atoms with Crippen LogP contribution in [-0.4, -0.2) is 24.5 Å². The summed E-state index contributed by atoms with van der Waals surface area (Å²) in [5.74, 6) is 0.936. The first-order valence-electron chi connectivity index (χ1n) is 9.46. The van der Waals surface area contributed by atoms with Crippen LogP contribution in [0.15, 0.2) is 24.3 Å². The molecule has 0 bridgehead atoms. The van der Waals surface area contributed by atoms with Gasteiger partial charge in [0.15, 0.2) is 6.10 Å². The maximum atomic E-state index is 13.1. The van der Waals surface area contributed by atoms with Gasteiger partial charge in [0.2, 0.25) is 5.91 Å². The highest BCUT2D eigenvalue weighted by Crippen LogP contribution is 2.37. The summed E-state index contributed by atoms with van der Waals surface area (Å²) in [6, 6.07) is 7.38. The molecule has 1 aromatic carbocycles. The smallest absolute Gasteiger partial charge is 0.260 e. The SMILES string of the molecule is CCCCC1CCC(C(=O)N2C[C@@H](C(N)=O)Oc3ccccc32)CC1. The van der Waals surface area contributed by atoms with Crippen molar-refractivity contribution >= 4 is 17.5 Å². The molecule has 1 fully saturated rings. The average molecular weight is 344 g/mol. The monoisotopic (exact) mass is 344 g/mol. The molecule has 1 heterocycles. The predicted molar refractivity (Wildman–Crippen MR) is 97.4 cm³/mol. The molecule has 2 N–H and O–H groups in total. The number of nitrogens with zero attached hydrogens (tertiary/aromatic N) is 1. The van der Waals surface area contributed by atoms with Crippen LogP contribution in [0.3, 0.4) is 0 Å². The van der Waals surface area contributed by atoms with E-state index in [2.05, 4.69) is 6.92 Å². The van der Waals surface area contributed by atoms with Crippen LogP contribution in [0.2, 0.25) is 0 Å². The Hall–Kier alpha value is -2.04. The number of hydrogen-bond donors (Lipinski definition) is 1. The number of ether oxygens (including phenoxy) is 1. The van der Waals surface area contributed by atoms with Crippen LogP contribution in [0.1, 0.15) is 51.9 Å². The minimum Gasteiger partial charge on any atom is -0.477 e. The third-order valence-corrected chi connectivity index (χ3v) is 5.52. The van der Waals surface area contributed by atoms with E-state index in [1.54, 1.807) is 11.0 Å². The van der Waals surface area contributed by atoms with Crippen molar-refractivity contribution in [3.63, 3.8) is 0 Å². The number of nitrogens with two attached hydrogens (primary N) is 1. The third-order valence-electron chi connectivity index (χ3n) is 5.52. The summed E-state index contributed by atoms with van der Waals surface area (Å²) in [5, 5.41) is 0. The molecule has 3 rings (SSSR count). The number of para-hydroxylation sites is 2. The van der Waals surface area contributed by atoms with E-state index in [1.807, 2.05) is 18.2 Å². The lowest BCUT2D eigenvalue weighted by Gasteiger charge is -2.37. The van der Waals surface area contributed by atoms with Gasteiger partial charge in [-0.3, -0.25) is 9.59 Å². The second kappa shape index (κ2) is 7.89. The largest absolute Gasteiger partial charge is 0.477 e. The Morgan fingerprint density at radius 2 is 1.92 bits per heavy atom. The summed E-state index contributed by atoms with van der Waals surface area (Å²) >= 11 is 0. The van der Waals surface area contributed by atoms with E-state index in [-0.39, 0.29) is 18.4 Å². The molecular formula is C20H28N2O3. The molecule has 136 valence electrons. The lowest BCUT2D eigenvalue weighted by Crippen LogP contribution is -2.51. The number of unbranched alkanes of at least 4 members (excludes halogenated alkanes) is 1. The van der Waals surface area contributed by atoms with Crippen LogP contribution in [0.25, 0.3) is 0 Å². The van der Waals surface area contributed by atoms with Gasteiger partial charge in [-0.05, 0) is 43.7 Å². The standard InChI is InChI=1S/C20H28N2O3/c1-2-3-6-14-9-11-15(12-10-14)20(24)22-13-18(19(21)23)25-17-8-5-4-7-16(17)22/h4-5,7-8,14-15,18H,2-3,6,9-13H2,1H3,(H2,21,23)/t14?,15?,18-/m0/s1. The molecule has 0 saturated heterocycles. The highest BCUT2D eigenvalue weighted by molar-refractivity contribution is 5.98. The normalized spacial score (nSPS) is 25.8. The van der Waals surface area contributed by atoms with Crippen LogP contribution in [0.5, 0.6) is 5.75 Å². The van der Waals surface area contributed by atoms with E-state index in [0.717, 1.165) is 37.3 Å². The molecular weight excluding hydrogens is 316 g/mol. The number of carbonyl (C=O) groups is 2. The minimum atomic E-state index is -0.778. The van der Waals surface area contributed by atoms with Gasteiger partial charge in [0.1, 0.15) is 5.75 Å². The highest BCUT2D eigenvalue weighted by atomic mass is 16.5. The fourth-order valence-corrected chi connectivity index (χ4v) is 4.00. The summed E-state index contributed by atoms with van der Waals surface area (Å²) in [6.45, 7) is 2.43. The first-order chi connectivity index (χ1) is 12.1. The van der Waals surface area contributed by atoms with E-state index in [4.69, 9.17) is 10.5 Å². The summed E-state index contributed by atoms with van der Waals surface area (Å²) in [6.07, 6.45) is 7.14. The molecule has 1 aromatic rings. The molecule has 0 radical (unpaired) electrons. The van der Waals surface area contributed by atoms with Crippen molar-refractivity contribution in [2.45, 2.75) is 58.0 Å². The van der Waals surface area contributed by atoms with Gasteiger partial charge in [-0.2, -0.15) is 0 Å². The van der Waals surface area contributed by atoms with Crippen LogP contribution < -0.4 is 15.4 Å². The van der Waals surface area contributed by atoms with Gasteiger partial charge in [-0.25, -0.2) is 0 Å². The van der Waals surface area contributed by atoms with Gasteiger partial charge in [-0.1, -0.05) is 38.3 Å². The zero-order chi connectivity index (χ0) is 17.8. The number of amides is 2.